The van der Waals surface area contributed by atoms with Gasteiger partial charge in [-0.1, -0.05) is 11.8 Å². The van der Waals surface area contributed by atoms with E-state index in [0.717, 1.165) is 6.42 Å². The Bertz CT molecular complexity index is 99.6. The molecule has 1 atom stereocenters. The zero-order valence-electron chi connectivity index (χ0n) is 4.76. The average molecular weight is 127 g/mol. The van der Waals surface area contributed by atoms with Crippen molar-refractivity contribution in [3.05, 3.63) is 11.4 Å². The first-order chi connectivity index (χ1) is 3.93. The van der Waals surface area contributed by atoms with Crippen molar-refractivity contribution in [3.8, 4) is 0 Å². The smallest absolute Gasteiger partial charge is 0.268 e. The zero-order valence-corrected chi connectivity index (χ0v) is 5.58. The van der Waals surface area contributed by atoms with Crippen molar-refractivity contribution < 1.29 is 0 Å². The largest absolute Gasteiger partial charge is 0.302 e. The van der Waals surface area contributed by atoms with Crippen LogP contribution in [0, 0.1) is 6.57 Å². The molecular weight excluding hydrogens is 118 g/mol. The van der Waals surface area contributed by atoms with Crippen molar-refractivity contribution in [1.29, 1.82) is 0 Å². The Morgan fingerprint density at radius 3 is 2.75 bits per heavy atom. The predicted octanol–water partition coefficient (Wildman–Crippen LogP) is 2.15. The maximum absolute atomic E-state index is 6.70. The van der Waals surface area contributed by atoms with Gasteiger partial charge in [-0.15, -0.1) is 0 Å². The van der Waals surface area contributed by atoms with Crippen LogP contribution < -0.4 is 0 Å². The topological polar surface area (TPSA) is 4.36 Å². The van der Waals surface area contributed by atoms with E-state index in [2.05, 4.69) is 4.85 Å². The van der Waals surface area contributed by atoms with Crippen molar-refractivity contribution in [1.82, 2.24) is 0 Å². The monoisotopic (exact) mass is 127 g/mol. The van der Waals surface area contributed by atoms with E-state index >= 15 is 0 Å². The molecule has 1 unspecified atom stereocenters. The first kappa shape index (κ1) is 5.97. The lowest BCUT2D eigenvalue weighted by molar-refractivity contribution is 0.718. The molecule has 2 heteroatoms. The molecule has 0 aliphatic carbocycles. The van der Waals surface area contributed by atoms with Crippen LogP contribution in [-0.2, 0) is 0 Å². The minimum Gasteiger partial charge on any atom is -0.302 e. The van der Waals surface area contributed by atoms with Crippen LogP contribution >= 0.6 is 11.8 Å². The SMILES string of the molecule is [C-]#[N+]C1CCCCS1. The van der Waals surface area contributed by atoms with Gasteiger partial charge in [0.15, 0.2) is 0 Å². The summed E-state index contributed by atoms with van der Waals surface area (Å²) in [5, 5.41) is 0.295. The number of nitrogens with zero attached hydrogens (tertiary/aromatic N) is 1. The number of hydrogen-bond acceptors (Lipinski definition) is 1. The summed E-state index contributed by atoms with van der Waals surface area (Å²) in [6.07, 6.45) is 3.70. The highest BCUT2D eigenvalue weighted by Gasteiger charge is 2.16. The summed E-state index contributed by atoms with van der Waals surface area (Å²) in [4.78, 5) is 3.46. The van der Waals surface area contributed by atoms with Gasteiger partial charge in [0, 0.05) is 12.2 Å². The minimum absolute atomic E-state index is 0.295. The van der Waals surface area contributed by atoms with Gasteiger partial charge in [-0.3, -0.25) is 0 Å². The number of thioether (sulfide) groups is 1. The third-order valence-corrected chi connectivity index (χ3v) is 2.55. The van der Waals surface area contributed by atoms with Gasteiger partial charge >= 0.3 is 0 Å². The molecule has 0 radical (unpaired) electrons. The van der Waals surface area contributed by atoms with Crippen LogP contribution in [0.5, 0.6) is 0 Å². The van der Waals surface area contributed by atoms with Gasteiger partial charge in [0.25, 0.3) is 5.37 Å². The Labute approximate surface area is 54.3 Å². The number of hydrogen-bond donors (Lipinski definition) is 0. The van der Waals surface area contributed by atoms with Crippen molar-refractivity contribution in [2.75, 3.05) is 5.75 Å². The second-order valence-electron chi connectivity index (χ2n) is 1.95. The van der Waals surface area contributed by atoms with Crippen LogP contribution in [0.4, 0.5) is 0 Å². The van der Waals surface area contributed by atoms with E-state index in [0.29, 0.717) is 5.37 Å². The first-order valence-corrected chi connectivity index (χ1v) is 3.96. The normalized spacial score (nSPS) is 29.1. The van der Waals surface area contributed by atoms with Crippen LogP contribution in [0.15, 0.2) is 0 Å². The lowest BCUT2D eigenvalue weighted by Crippen LogP contribution is -2.03. The van der Waals surface area contributed by atoms with Crippen LogP contribution in [-0.4, -0.2) is 11.1 Å². The fraction of sp³-hybridized carbons (Fsp3) is 0.833. The summed E-state index contributed by atoms with van der Waals surface area (Å²) >= 11 is 1.81. The van der Waals surface area contributed by atoms with Gasteiger partial charge in [0.2, 0.25) is 0 Å². The number of rotatable bonds is 0. The minimum atomic E-state index is 0.295. The van der Waals surface area contributed by atoms with Crippen LogP contribution in [0.1, 0.15) is 19.3 Å². The Kier molecular flexibility index (Phi) is 2.23. The highest BCUT2D eigenvalue weighted by Crippen LogP contribution is 2.25. The summed E-state index contributed by atoms with van der Waals surface area (Å²) < 4.78 is 0. The fourth-order valence-corrected chi connectivity index (χ4v) is 1.88. The summed E-state index contributed by atoms with van der Waals surface area (Å²) in [6, 6.07) is 0. The Morgan fingerprint density at radius 2 is 2.38 bits per heavy atom. The first-order valence-electron chi connectivity index (χ1n) is 2.91. The molecule has 1 saturated heterocycles. The molecule has 1 heterocycles. The summed E-state index contributed by atoms with van der Waals surface area (Å²) in [5.74, 6) is 1.20. The molecule has 1 rings (SSSR count). The van der Waals surface area contributed by atoms with Crippen molar-refractivity contribution in [2.45, 2.75) is 24.6 Å². The van der Waals surface area contributed by atoms with E-state index in [1.54, 1.807) is 0 Å². The highest BCUT2D eigenvalue weighted by molar-refractivity contribution is 8.00. The highest BCUT2D eigenvalue weighted by atomic mass is 32.2. The molecule has 0 aromatic carbocycles. The molecule has 1 nitrogen and oxygen atoms in total. The van der Waals surface area contributed by atoms with Gasteiger partial charge in [0.1, 0.15) is 0 Å². The van der Waals surface area contributed by atoms with Crippen molar-refractivity contribution >= 4 is 11.8 Å². The van der Waals surface area contributed by atoms with Gasteiger partial charge in [0.05, 0.1) is 0 Å². The standard InChI is InChI=1S/C6H9NS/c1-7-6-4-2-3-5-8-6/h6H,2-5H2. The van der Waals surface area contributed by atoms with Gasteiger partial charge in [-0.25, -0.2) is 6.57 Å². The molecule has 1 fully saturated rings. The van der Waals surface area contributed by atoms with E-state index < -0.39 is 0 Å². The second-order valence-corrected chi connectivity index (χ2v) is 3.24. The molecular formula is C6H9NS. The Hall–Kier alpha value is -0.160. The lowest BCUT2D eigenvalue weighted by Gasteiger charge is -2.09. The van der Waals surface area contributed by atoms with E-state index in [1.807, 2.05) is 11.8 Å². The summed E-state index contributed by atoms with van der Waals surface area (Å²) in [7, 11) is 0. The molecule has 0 spiro atoms. The van der Waals surface area contributed by atoms with Crippen molar-refractivity contribution in [3.63, 3.8) is 0 Å². The quantitative estimate of drug-likeness (QED) is 0.451. The summed E-state index contributed by atoms with van der Waals surface area (Å²) in [5.41, 5.74) is 0. The lowest BCUT2D eigenvalue weighted by atomic mass is 10.2. The molecule has 0 saturated carbocycles. The molecule has 0 amide bonds. The molecule has 1 aliphatic rings. The van der Waals surface area contributed by atoms with E-state index in [1.165, 1.54) is 18.6 Å². The third-order valence-electron chi connectivity index (χ3n) is 1.30. The van der Waals surface area contributed by atoms with Crippen LogP contribution in [0.2, 0.25) is 0 Å². The van der Waals surface area contributed by atoms with Crippen LogP contribution in [0.25, 0.3) is 4.85 Å². The maximum Gasteiger partial charge on any atom is 0.268 e. The summed E-state index contributed by atoms with van der Waals surface area (Å²) in [6.45, 7) is 6.70. The van der Waals surface area contributed by atoms with Gasteiger partial charge in [-0.05, 0) is 12.8 Å². The molecule has 1 aliphatic heterocycles. The molecule has 44 valence electrons. The average Bonchev–Trinajstić information content (AvgIpc) is 1.90. The third kappa shape index (κ3) is 1.41. The molecule has 0 aromatic rings. The molecule has 0 bridgehead atoms. The zero-order chi connectivity index (χ0) is 5.82. The molecule has 0 aromatic heterocycles. The van der Waals surface area contributed by atoms with E-state index in [9.17, 15) is 0 Å². The van der Waals surface area contributed by atoms with Crippen LogP contribution in [0.3, 0.4) is 0 Å². The predicted molar refractivity (Wildman–Crippen MR) is 36.7 cm³/mol. The van der Waals surface area contributed by atoms with Gasteiger partial charge in [-0.2, -0.15) is 0 Å². The molecule has 0 N–H and O–H groups in total. The molecule has 8 heavy (non-hydrogen) atoms. The second kappa shape index (κ2) is 2.99. The maximum atomic E-state index is 6.70. The Morgan fingerprint density at radius 1 is 1.50 bits per heavy atom. The van der Waals surface area contributed by atoms with Gasteiger partial charge < -0.3 is 4.85 Å². The fourth-order valence-electron chi connectivity index (χ4n) is 0.826. The van der Waals surface area contributed by atoms with E-state index in [4.69, 9.17) is 6.57 Å². The Balaban J connectivity index is 2.25. The van der Waals surface area contributed by atoms with E-state index in [-0.39, 0.29) is 0 Å². The van der Waals surface area contributed by atoms with Crippen molar-refractivity contribution in [2.24, 2.45) is 0 Å².